The Morgan fingerprint density at radius 3 is 2.86 bits per heavy atom. The smallest absolute Gasteiger partial charge is 0.271 e. The van der Waals surface area contributed by atoms with Crippen LogP contribution in [0.4, 0.5) is 5.82 Å². The van der Waals surface area contributed by atoms with Crippen LogP contribution >= 0.6 is 0 Å². The second-order valence-corrected chi connectivity index (χ2v) is 6.13. The summed E-state index contributed by atoms with van der Waals surface area (Å²) >= 11 is 0. The molecule has 1 aliphatic carbocycles. The average molecular weight is 289 g/mol. The molecule has 1 amide bonds. The highest BCUT2D eigenvalue weighted by Crippen LogP contribution is 2.36. The molecule has 2 heterocycles. The van der Waals surface area contributed by atoms with Crippen LogP contribution in [0, 0.1) is 11.8 Å². The highest BCUT2D eigenvalue weighted by molar-refractivity contribution is 5.92. The number of carbonyl (C=O) groups is 1. The van der Waals surface area contributed by atoms with Crippen molar-refractivity contribution in [2.24, 2.45) is 17.6 Å². The van der Waals surface area contributed by atoms with Crippen LogP contribution in [0.15, 0.2) is 12.1 Å². The van der Waals surface area contributed by atoms with Gasteiger partial charge in [-0.05, 0) is 50.2 Å². The number of hydrogen-bond acceptors (Lipinski definition) is 5. The molecule has 3 N–H and O–H groups in total. The maximum absolute atomic E-state index is 11.7. The molecule has 6 heteroatoms. The Balaban J connectivity index is 1.66. The Bertz CT molecular complexity index is 503. The zero-order valence-electron chi connectivity index (χ0n) is 12.5. The maximum Gasteiger partial charge on any atom is 0.271 e. The van der Waals surface area contributed by atoms with Crippen LogP contribution in [0.3, 0.4) is 0 Å². The average Bonchev–Trinajstić information content (AvgIpc) is 2.90. The van der Waals surface area contributed by atoms with Gasteiger partial charge < -0.3 is 16.0 Å². The molecular weight excluding hydrogens is 266 g/mol. The van der Waals surface area contributed by atoms with Gasteiger partial charge in [-0.15, -0.1) is 10.2 Å². The Labute approximate surface area is 125 Å². The molecule has 3 rings (SSSR count). The minimum Gasteiger partial charge on any atom is -0.355 e. The summed E-state index contributed by atoms with van der Waals surface area (Å²) in [6.07, 6.45) is 3.47. The normalized spacial score (nSPS) is 28.3. The van der Waals surface area contributed by atoms with Crippen molar-refractivity contribution in [3.05, 3.63) is 17.8 Å². The number of nitrogens with two attached hydrogens (primary N) is 1. The van der Waals surface area contributed by atoms with Crippen molar-refractivity contribution >= 4 is 11.7 Å². The number of hydrogen-bond donors (Lipinski definition) is 2. The Morgan fingerprint density at radius 1 is 1.33 bits per heavy atom. The monoisotopic (exact) mass is 289 g/mol. The van der Waals surface area contributed by atoms with E-state index in [9.17, 15) is 4.79 Å². The fraction of sp³-hybridized carbons (Fsp3) is 0.667. The van der Waals surface area contributed by atoms with Gasteiger partial charge in [0.25, 0.3) is 5.91 Å². The van der Waals surface area contributed by atoms with E-state index in [1.54, 1.807) is 6.07 Å². The van der Waals surface area contributed by atoms with E-state index in [0.717, 1.165) is 37.7 Å². The predicted octanol–water partition coefficient (Wildman–Crippen LogP) is 0.790. The highest BCUT2D eigenvalue weighted by Gasteiger charge is 2.37. The van der Waals surface area contributed by atoms with Crippen molar-refractivity contribution in [2.75, 3.05) is 24.5 Å². The first-order valence-corrected chi connectivity index (χ1v) is 7.79. The zero-order valence-corrected chi connectivity index (χ0v) is 12.5. The van der Waals surface area contributed by atoms with Gasteiger partial charge >= 0.3 is 0 Å². The van der Waals surface area contributed by atoms with Crippen LogP contribution in [0.2, 0.25) is 0 Å². The highest BCUT2D eigenvalue weighted by atomic mass is 16.1. The van der Waals surface area contributed by atoms with Gasteiger partial charge in [-0.3, -0.25) is 4.79 Å². The van der Waals surface area contributed by atoms with Crippen LogP contribution in [-0.2, 0) is 0 Å². The first-order chi connectivity index (χ1) is 10.2. The molecule has 1 aromatic rings. The van der Waals surface area contributed by atoms with Gasteiger partial charge in [0, 0.05) is 25.7 Å². The van der Waals surface area contributed by atoms with E-state index in [1.807, 2.05) is 13.0 Å². The van der Waals surface area contributed by atoms with E-state index in [4.69, 9.17) is 5.73 Å². The van der Waals surface area contributed by atoms with Crippen molar-refractivity contribution < 1.29 is 4.79 Å². The van der Waals surface area contributed by atoms with E-state index in [-0.39, 0.29) is 5.91 Å². The summed E-state index contributed by atoms with van der Waals surface area (Å²) in [4.78, 5) is 14.0. The standard InChI is InChI=1S/C15H23N5O/c1-2-17-15(21)13-5-6-14(19-18-13)20-8-10-3-4-12(16)7-11(10)9-20/h5-6,10-12H,2-4,7-9,16H2,1H3,(H,17,21)/t10-,11+,12?/m1/s1. The van der Waals surface area contributed by atoms with Gasteiger partial charge in [-0.2, -0.15) is 0 Å². The summed E-state index contributed by atoms with van der Waals surface area (Å²) in [5.74, 6) is 2.11. The molecule has 1 unspecified atom stereocenters. The van der Waals surface area contributed by atoms with Crippen LogP contribution in [0.1, 0.15) is 36.7 Å². The van der Waals surface area contributed by atoms with E-state index in [1.165, 1.54) is 6.42 Å². The van der Waals surface area contributed by atoms with Crippen LogP contribution in [0.5, 0.6) is 0 Å². The number of amides is 1. The summed E-state index contributed by atoms with van der Waals surface area (Å²) in [7, 11) is 0. The summed E-state index contributed by atoms with van der Waals surface area (Å²) in [6.45, 7) is 4.52. The number of nitrogens with zero attached hydrogens (tertiary/aromatic N) is 3. The first kappa shape index (κ1) is 14.3. The summed E-state index contributed by atoms with van der Waals surface area (Å²) in [5, 5.41) is 11.0. The minimum atomic E-state index is -0.169. The number of fused-ring (bicyclic) bond motifs is 1. The number of aromatic nitrogens is 2. The molecule has 0 radical (unpaired) electrons. The first-order valence-electron chi connectivity index (χ1n) is 7.79. The molecule has 21 heavy (non-hydrogen) atoms. The summed E-state index contributed by atoms with van der Waals surface area (Å²) < 4.78 is 0. The third-order valence-corrected chi connectivity index (χ3v) is 4.63. The molecule has 1 saturated heterocycles. The lowest BCUT2D eigenvalue weighted by Crippen LogP contribution is -2.32. The lowest BCUT2D eigenvalue weighted by molar-refractivity contribution is 0.0950. The molecular formula is C15H23N5O. The fourth-order valence-electron chi connectivity index (χ4n) is 3.52. The molecule has 2 aliphatic rings. The molecule has 3 atom stereocenters. The molecule has 0 aromatic carbocycles. The summed E-state index contributed by atoms with van der Waals surface area (Å²) in [5.41, 5.74) is 6.44. The number of anilines is 1. The third kappa shape index (κ3) is 3.00. The van der Waals surface area contributed by atoms with Gasteiger partial charge in [-0.1, -0.05) is 0 Å². The third-order valence-electron chi connectivity index (χ3n) is 4.63. The minimum absolute atomic E-state index is 0.169. The molecule has 0 bridgehead atoms. The molecule has 114 valence electrons. The SMILES string of the molecule is CCNC(=O)c1ccc(N2C[C@H]3CCC(N)C[C@H]3C2)nn1. The molecule has 2 fully saturated rings. The molecule has 1 aliphatic heterocycles. The number of nitrogens with one attached hydrogen (secondary N) is 1. The van der Waals surface area contributed by atoms with Gasteiger partial charge in [0.2, 0.25) is 0 Å². The van der Waals surface area contributed by atoms with Crippen molar-refractivity contribution in [3.63, 3.8) is 0 Å². The van der Waals surface area contributed by atoms with Crippen molar-refractivity contribution in [1.82, 2.24) is 15.5 Å². The predicted molar refractivity (Wildman–Crippen MR) is 81.1 cm³/mol. The number of rotatable bonds is 3. The van der Waals surface area contributed by atoms with E-state index >= 15 is 0 Å². The van der Waals surface area contributed by atoms with Gasteiger partial charge in [0.1, 0.15) is 0 Å². The Morgan fingerprint density at radius 2 is 2.14 bits per heavy atom. The lowest BCUT2D eigenvalue weighted by atomic mass is 9.79. The molecule has 0 spiro atoms. The van der Waals surface area contributed by atoms with Crippen LogP contribution in [-0.4, -0.2) is 41.8 Å². The topological polar surface area (TPSA) is 84.1 Å². The van der Waals surface area contributed by atoms with Crippen molar-refractivity contribution in [2.45, 2.75) is 32.2 Å². The fourth-order valence-corrected chi connectivity index (χ4v) is 3.52. The van der Waals surface area contributed by atoms with Gasteiger partial charge in [0.15, 0.2) is 11.5 Å². The van der Waals surface area contributed by atoms with Gasteiger partial charge in [0.05, 0.1) is 0 Å². The Kier molecular flexibility index (Phi) is 4.05. The van der Waals surface area contributed by atoms with Crippen molar-refractivity contribution in [1.29, 1.82) is 0 Å². The van der Waals surface area contributed by atoms with E-state index in [2.05, 4.69) is 20.4 Å². The van der Waals surface area contributed by atoms with Crippen LogP contribution in [0.25, 0.3) is 0 Å². The molecule has 6 nitrogen and oxygen atoms in total. The van der Waals surface area contributed by atoms with E-state index in [0.29, 0.717) is 24.2 Å². The lowest BCUT2D eigenvalue weighted by Gasteiger charge is -2.27. The zero-order chi connectivity index (χ0) is 14.8. The molecule has 1 saturated carbocycles. The van der Waals surface area contributed by atoms with E-state index < -0.39 is 0 Å². The number of carbonyl (C=O) groups excluding carboxylic acids is 1. The quantitative estimate of drug-likeness (QED) is 0.859. The van der Waals surface area contributed by atoms with Crippen LogP contribution < -0.4 is 16.0 Å². The molecule has 1 aromatic heterocycles. The largest absolute Gasteiger partial charge is 0.355 e. The van der Waals surface area contributed by atoms with Crippen molar-refractivity contribution in [3.8, 4) is 0 Å². The second-order valence-electron chi connectivity index (χ2n) is 6.13. The summed E-state index contributed by atoms with van der Waals surface area (Å²) in [6, 6.07) is 4.01. The maximum atomic E-state index is 11.7. The second kappa shape index (κ2) is 5.97. The Hall–Kier alpha value is -1.69. The van der Waals surface area contributed by atoms with Gasteiger partial charge in [-0.25, -0.2) is 0 Å².